The monoisotopic (exact) mass is 229 g/mol. The van der Waals surface area contributed by atoms with Gasteiger partial charge in [-0.15, -0.1) is 0 Å². The third kappa shape index (κ3) is 2.41. The first-order valence-electron chi connectivity index (χ1n) is 6.12. The second-order valence-electron chi connectivity index (χ2n) is 4.34. The van der Waals surface area contributed by atoms with Crippen LogP contribution in [0, 0.1) is 0 Å². The number of amides is 1. The highest BCUT2D eigenvalue weighted by Crippen LogP contribution is 2.21. The summed E-state index contributed by atoms with van der Waals surface area (Å²) in [5, 5.41) is 0. The lowest BCUT2D eigenvalue weighted by atomic mass is 9.95. The van der Waals surface area contributed by atoms with E-state index >= 15 is 0 Å². The maximum atomic E-state index is 12.3. The summed E-state index contributed by atoms with van der Waals surface area (Å²) >= 11 is 0. The largest absolute Gasteiger partial charge is 0.329 e. The number of hydrogen-bond donors (Lipinski definition) is 0. The summed E-state index contributed by atoms with van der Waals surface area (Å²) in [6.45, 7) is 0.699. The molecule has 1 saturated heterocycles. The number of ketones is 1. The normalized spacial score (nSPS) is 19.3. The number of rotatable bonds is 3. The molecule has 1 fully saturated rings. The van der Waals surface area contributed by atoms with E-state index in [0.717, 1.165) is 12.8 Å². The van der Waals surface area contributed by atoms with Crippen LogP contribution >= 0.6 is 0 Å². The van der Waals surface area contributed by atoms with E-state index in [0.29, 0.717) is 18.4 Å². The summed E-state index contributed by atoms with van der Waals surface area (Å²) in [4.78, 5) is 25.7. The summed E-state index contributed by atoms with van der Waals surface area (Å²) in [6.07, 6.45) is 2.24. The highest BCUT2D eigenvalue weighted by Gasteiger charge is 2.33. The van der Waals surface area contributed by atoms with Crippen molar-refractivity contribution in [1.29, 1.82) is 0 Å². The van der Waals surface area contributed by atoms with Crippen LogP contribution in [0.25, 0.3) is 0 Å². The molecular formula is C13H16BNO2. The van der Waals surface area contributed by atoms with Crippen LogP contribution in [0.5, 0.6) is 0 Å². The topological polar surface area (TPSA) is 37.4 Å². The minimum absolute atomic E-state index is 0.0186. The van der Waals surface area contributed by atoms with Gasteiger partial charge in [0.25, 0.3) is 5.91 Å². The molecule has 1 aliphatic rings. The molecule has 3 nitrogen and oxygen atoms in total. The van der Waals surface area contributed by atoms with E-state index in [1.807, 2.05) is 26.0 Å². The zero-order valence-electron chi connectivity index (χ0n) is 10.1. The van der Waals surface area contributed by atoms with Crippen LogP contribution in [0.4, 0.5) is 0 Å². The number of Topliss-reactive ketones (excluding diaryl/α,β-unsaturated/α-hetero) is 1. The molecule has 0 aromatic heterocycles. The molecular weight excluding hydrogens is 213 g/mol. The second kappa shape index (κ2) is 5.17. The molecule has 2 rings (SSSR count). The third-order valence-corrected chi connectivity index (χ3v) is 3.25. The molecule has 88 valence electrons. The fraction of sp³-hybridized carbons (Fsp3) is 0.385. The number of benzene rings is 1. The molecule has 1 aromatic rings. The zero-order valence-corrected chi connectivity index (χ0v) is 10.1. The van der Waals surface area contributed by atoms with Gasteiger partial charge in [-0.05, 0) is 31.3 Å². The Morgan fingerprint density at radius 2 is 2.00 bits per heavy atom. The molecule has 1 heterocycles. The van der Waals surface area contributed by atoms with Crippen LogP contribution < -0.4 is 0 Å². The summed E-state index contributed by atoms with van der Waals surface area (Å²) in [6, 6.07) is 8.98. The van der Waals surface area contributed by atoms with Crippen molar-refractivity contribution in [1.82, 2.24) is 4.90 Å². The highest BCUT2D eigenvalue weighted by molar-refractivity contribution is 6.21. The summed E-state index contributed by atoms with van der Waals surface area (Å²) in [5.74, 6) is 0.154. The van der Waals surface area contributed by atoms with Crippen molar-refractivity contribution < 1.29 is 9.59 Å². The fourth-order valence-corrected chi connectivity index (χ4v) is 2.33. The molecule has 0 N–H and O–H groups in total. The number of nitrogens with zero attached hydrogens (tertiary/aromatic N) is 1. The molecule has 0 saturated carbocycles. The Bertz CT molecular complexity index is 419. The average Bonchev–Trinajstić information content (AvgIpc) is 2.87. The minimum atomic E-state index is -0.201. The molecule has 1 amide bonds. The van der Waals surface area contributed by atoms with Gasteiger partial charge in [0, 0.05) is 12.1 Å². The highest BCUT2D eigenvalue weighted by atomic mass is 16.2. The second-order valence-corrected chi connectivity index (χ2v) is 4.34. The molecule has 0 bridgehead atoms. The van der Waals surface area contributed by atoms with Crippen molar-refractivity contribution in [2.45, 2.75) is 25.2 Å². The van der Waals surface area contributed by atoms with Gasteiger partial charge in [-0.2, -0.15) is 0 Å². The van der Waals surface area contributed by atoms with Crippen molar-refractivity contribution in [3.05, 3.63) is 35.9 Å². The predicted octanol–water partition coefficient (Wildman–Crippen LogP) is 0.912. The lowest BCUT2D eigenvalue weighted by Crippen LogP contribution is -2.40. The lowest BCUT2D eigenvalue weighted by Gasteiger charge is -2.23. The van der Waals surface area contributed by atoms with E-state index in [-0.39, 0.29) is 17.7 Å². The third-order valence-electron chi connectivity index (χ3n) is 3.25. The van der Waals surface area contributed by atoms with Gasteiger partial charge in [0.15, 0.2) is 0 Å². The lowest BCUT2D eigenvalue weighted by molar-refractivity contribution is -0.120. The molecule has 0 radical (unpaired) electrons. The van der Waals surface area contributed by atoms with Crippen molar-refractivity contribution in [2.24, 2.45) is 0 Å². The quantitative estimate of drug-likeness (QED) is 0.722. The zero-order chi connectivity index (χ0) is 12.3. The number of likely N-dealkylation sites (tertiary alicyclic amines) is 1. The van der Waals surface area contributed by atoms with E-state index in [4.69, 9.17) is 0 Å². The van der Waals surface area contributed by atoms with Crippen molar-refractivity contribution in [2.75, 3.05) is 6.54 Å². The van der Waals surface area contributed by atoms with Crippen LogP contribution in [-0.4, -0.2) is 37.0 Å². The van der Waals surface area contributed by atoms with E-state index < -0.39 is 0 Å². The van der Waals surface area contributed by atoms with Crippen molar-refractivity contribution in [3.63, 3.8) is 0 Å². The van der Waals surface area contributed by atoms with Gasteiger partial charge in [-0.25, -0.2) is 0 Å². The Morgan fingerprint density at radius 1 is 1.29 bits per heavy atom. The SMILES string of the molecule is BCC(=O)[C@@H]1CCCN1C(=O)c1ccccc1. The molecule has 1 atom stereocenters. The average molecular weight is 229 g/mol. The molecule has 1 aromatic carbocycles. The van der Waals surface area contributed by atoms with Crippen LogP contribution in [0.1, 0.15) is 23.2 Å². The maximum absolute atomic E-state index is 12.3. The van der Waals surface area contributed by atoms with Gasteiger partial charge in [-0.1, -0.05) is 18.2 Å². The maximum Gasteiger partial charge on any atom is 0.254 e. The van der Waals surface area contributed by atoms with E-state index in [2.05, 4.69) is 0 Å². The van der Waals surface area contributed by atoms with E-state index in [1.54, 1.807) is 17.0 Å². The Hall–Kier alpha value is -1.58. The Morgan fingerprint density at radius 3 is 2.65 bits per heavy atom. The summed E-state index contributed by atoms with van der Waals surface area (Å²) in [7, 11) is 1.85. The van der Waals surface area contributed by atoms with Crippen LogP contribution in [0.3, 0.4) is 0 Å². The number of carbonyl (C=O) groups is 2. The predicted molar refractivity (Wildman–Crippen MR) is 68.9 cm³/mol. The van der Waals surface area contributed by atoms with E-state index in [1.165, 1.54) is 0 Å². The molecule has 17 heavy (non-hydrogen) atoms. The minimum Gasteiger partial charge on any atom is -0.329 e. The molecule has 4 heteroatoms. The first kappa shape index (κ1) is 11.9. The van der Waals surface area contributed by atoms with Crippen LogP contribution in [0.2, 0.25) is 6.32 Å². The van der Waals surface area contributed by atoms with Gasteiger partial charge in [-0.3, -0.25) is 9.59 Å². The molecule has 0 aliphatic carbocycles. The smallest absolute Gasteiger partial charge is 0.254 e. The summed E-state index contributed by atoms with van der Waals surface area (Å²) < 4.78 is 0. The molecule has 0 unspecified atom stereocenters. The standard InChI is InChI=1S/C13H16BNO2/c14-9-12(16)11-7-4-8-15(11)13(17)10-5-2-1-3-6-10/h1-3,5-6,11H,4,7-9,14H2/t11-/m0/s1. The Labute approximate surface area is 102 Å². The Kier molecular flexibility index (Phi) is 3.62. The molecule has 0 spiro atoms. The van der Waals surface area contributed by atoms with Crippen molar-refractivity contribution in [3.8, 4) is 0 Å². The Balaban J connectivity index is 2.17. The van der Waals surface area contributed by atoms with Crippen molar-refractivity contribution >= 4 is 19.5 Å². The van der Waals surface area contributed by atoms with Gasteiger partial charge < -0.3 is 4.90 Å². The number of carbonyl (C=O) groups excluding carboxylic acids is 2. The van der Waals surface area contributed by atoms with Crippen LogP contribution in [-0.2, 0) is 4.79 Å². The molecule has 1 aliphatic heterocycles. The van der Waals surface area contributed by atoms with E-state index in [9.17, 15) is 9.59 Å². The first-order chi connectivity index (χ1) is 8.24. The fourth-order valence-electron chi connectivity index (χ4n) is 2.33. The van der Waals surface area contributed by atoms with Gasteiger partial charge >= 0.3 is 0 Å². The number of hydrogen-bond acceptors (Lipinski definition) is 2. The van der Waals surface area contributed by atoms with Gasteiger partial charge in [0.2, 0.25) is 0 Å². The summed E-state index contributed by atoms with van der Waals surface area (Å²) in [5.41, 5.74) is 0.670. The van der Waals surface area contributed by atoms with Gasteiger partial charge in [0.05, 0.1) is 6.04 Å². The van der Waals surface area contributed by atoms with Gasteiger partial charge in [0.1, 0.15) is 13.6 Å². The van der Waals surface area contributed by atoms with Crippen LogP contribution in [0.15, 0.2) is 30.3 Å². The first-order valence-corrected chi connectivity index (χ1v) is 6.12.